The number of halogens is 3. The van der Waals surface area contributed by atoms with Crippen molar-refractivity contribution in [2.45, 2.75) is 18.2 Å². The van der Waals surface area contributed by atoms with Gasteiger partial charge in [-0.15, -0.1) is 0 Å². The molecule has 1 aromatic carbocycles. The number of amides is 1. The van der Waals surface area contributed by atoms with E-state index in [9.17, 15) is 23.1 Å². The van der Waals surface area contributed by atoms with Gasteiger partial charge in [0, 0.05) is 37.5 Å². The second kappa shape index (κ2) is 6.88. The maximum atomic E-state index is 13.5. The molecule has 142 valence electrons. The molecule has 1 amide bonds. The first-order chi connectivity index (χ1) is 12.7. The Kier molecular flexibility index (Phi) is 4.75. The van der Waals surface area contributed by atoms with Crippen LogP contribution in [0.2, 0.25) is 0 Å². The SMILES string of the molecule is Cn1ccnc1C(O)(CC(=O)Nc1cccc(-n2cccn2)c1)C(F)(F)F. The summed E-state index contributed by atoms with van der Waals surface area (Å²) in [5, 5.41) is 16.7. The van der Waals surface area contributed by atoms with Crippen molar-refractivity contribution in [3.05, 3.63) is 60.9 Å². The summed E-state index contributed by atoms with van der Waals surface area (Å²) >= 11 is 0. The highest BCUT2D eigenvalue weighted by molar-refractivity contribution is 5.91. The predicted octanol–water partition coefficient (Wildman–Crippen LogP) is 2.38. The Labute approximate surface area is 152 Å². The molecule has 3 rings (SSSR count). The molecule has 2 aromatic heterocycles. The van der Waals surface area contributed by atoms with Crippen molar-refractivity contribution in [3.8, 4) is 5.69 Å². The molecule has 2 heterocycles. The molecule has 2 N–H and O–H groups in total. The molecule has 0 bridgehead atoms. The fraction of sp³-hybridized carbons (Fsp3) is 0.235. The van der Waals surface area contributed by atoms with Crippen LogP contribution in [0.5, 0.6) is 0 Å². The maximum Gasteiger partial charge on any atom is 0.425 e. The van der Waals surface area contributed by atoms with Gasteiger partial charge in [-0.05, 0) is 24.3 Å². The number of rotatable bonds is 5. The Balaban J connectivity index is 1.82. The van der Waals surface area contributed by atoms with Crippen LogP contribution in [0.4, 0.5) is 18.9 Å². The first-order valence-corrected chi connectivity index (χ1v) is 7.87. The number of carbonyl (C=O) groups excluding carboxylic acids is 1. The molecule has 0 aliphatic carbocycles. The molecule has 7 nitrogen and oxygen atoms in total. The van der Waals surface area contributed by atoms with Crippen LogP contribution in [0.25, 0.3) is 5.69 Å². The average Bonchev–Trinajstić information content (AvgIpc) is 3.25. The fourth-order valence-electron chi connectivity index (χ4n) is 2.66. The lowest BCUT2D eigenvalue weighted by molar-refractivity contribution is -0.270. The number of carbonyl (C=O) groups is 1. The summed E-state index contributed by atoms with van der Waals surface area (Å²) in [5.74, 6) is -1.66. The van der Waals surface area contributed by atoms with Crippen LogP contribution in [-0.4, -0.2) is 36.5 Å². The van der Waals surface area contributed by atoms with E-state index >= 15 is 0 Å². The van der Waals surface area contributed by atoms with Crippen molar-refractivity contribution >= 4 is 11.6 Å². The number of benzene rings is 1. The molecule has 0 saturated heterocycles. The number of hydrogen-bond donors (Lipinski definition) is 2. The van der Waals surface area contributed by atoms with Gasteiger partial charge in [-0.1, -0.05) is 6.07 Å². The van der Waals surface area contributed by atoms with E-state index < -0.39 is 29.9 Å². The average molecular weight is 379 g/mol. The predicted molar refractivity (Wildman–Crippen MR) is 90.0 cm³/mol. The third-order valence-corrected chi connectivity index (χ3v) is 3.98. The van der Waals surface area contributed by atoms with Crippen LogP contribution in [-0.2, 0) is 17.4 Å². The molecule has 27 heavy (non-hydrogen) atoms. The summed E-state index contributed by atoms with van der Waals surface area (Å²) < 4.78 is 43.1. The van der Waals surface area contributed by atoms with Gasteiger partial charge in [0.15, 0.2) is 5.82 Å². The third-order valence-electron chi connectivity index (χ3n) is 3.98. The summed E-state index contributed by atoms with van der Waals surface area (Å²) in [6.07, 6.45) is -0.672. The van der Waals surface area contributed by atoms with E-state index in [4.69, 9.17) is 0 Å². The Morgan fingerprint density at radius 2 is 2.00 bits per heavy atom. The van der Waals surface area contributed by atoms with Gasteiger partial charge in [-0.2, -0.15) is 18.3 Å². The van der Waals surface area contributed by atoms with Gasteiger partial charge in [-0.25, -0.2) is 9.67 Å². The van der Waals surface area contributed by atoms with Gasteiger partial charge in [0.2, 0.25) is 11.5 Å². The van der Waals surface area contributed by atoms with Crippen molar-refractivity contribution in [2.75, 3.05) is 5.32 Å². The molecule has 0 aliphatic rings. The highest BCUT2D eigenvalue weighted by atomic mass is 19.4. The van der Waals surface area contributed by atoms with Crippen LogP contribution in [0.3, 0.4) is 0 Å². The van der Waals surface area contributed by atoms with Crippen LogP contribution in [0.15, 0.2) is 55.1 Å². The van der Waals surface area contributed by atoms with Crippen molar-refractivity contribution in [2.24, 2.45) is 7.05 Å². The summed E-state index contributed by atoms with van der Waals surface area (Å²) in [5.41, 5.74) is -2.51. The smallest absolute Gasteiger partial charge is 0.374 e. The van der Waals surface area contributed by atoms with E-state index in [1.807, 2.05) is 0 Å². The van der Waals surface area contributed by atoms with Crippen molar-refractivity contribution in [1.29, 1.82) is 0 Å². The van der Waals surface area contributed by atoms with Gasteiger partial charge in [0.05, 0.1) is 12.1 Å². The second-order valence-electron chi connectivity index (χ2n) is 5.95. The van der Waals surface area contributed by atoms with E-state index in [2.05, 4.69) is 15.4 Å². The minimum atomic E-state index is -5.08. The third kappa shape index (κ3) is 3.70. The number of aromatic nitrogens is 4. The Morgan fingerprint density at radius 1 is 1.22 bits per heavy atom. The molecular weight excluding hydrogens is 363 g/mol. The number of nitrogens with one attached hydrogen (secondary N) is 1. The molecule has 10 heteroatoms. The Bertz CT molecular complexity index is 936. The van der Waals surface area contributed by atoms with E-state index in [1.54, 1.807) is 36.7 Å². The first kappa shape index (κ1) is 18.6. The minimum absolute atomic E-state index is 0.275. The van der Waals surface area contributed by atoms with E-state index in [0.29, 0.717) is 5.69 Å². The number of anilines is 1. The normalized spacial score (nSPS) is 14.0. The minimum Gasteiger partial charge on any atom is -0.374 e. The maximum absolute atomic E-state index is 13.5. The van der Waals surface area contributed by atoms with Crippen LogP contribution in [0.1, 0.15) is 12.2 Å². The van der Waals surface area contributed by atoms with Crippen LogP contribution < -0.4 is 5.32 Å². The Morgan fingerprint density at radius 3 is 2.59 bits per heavy atom. The molecule has 0 radical (unpaired) electrons. The lowest BCUT2D eigenvalue weighted by atomic mass is 9.97. The molecule has 3 aromatic rings. The van der Waals surface area contributed by atoms with E-state index in [-0.39, 0.29) is 5.69 Å². The Hall–Kier alpha value is -3.14. The quantitative estimate of drug-likeness (QED) is 0.713. The molecule has 0 aliphatic heterocycles. The summed E-state index contributed by atoms with van der Waals surface area (Å²) in [6.45, 7) is 0. The zero-order valence-electron chi connectivity index (χ0n) is 14.2. The number of aliphatic hydroxyl groups is 1. The topological polar surface area (TPSA) is 85.0 Å². The number of alkyl halides is 3. The molecule has 0 saturated carbocycles. The van der Waals surface area contributed by atoms with Gasteiger partial charge >= 0.3 is 6.18 Å². The number of hydrogen-bond acceptors (Lipinski definition) is 4. The van der Waals surface area contributed by atoms with Gasteiger partial charge in [-0.3, -0.25) is 4.79 Å². The second-order valence-corrected chi connectivity index (χ2v) is 5.95. The summed E-state index contributed by atoms with van der Waals surface area (Å²) in [6, 6.07) is 8.14. The van der Waals surface area contributed by atoms with Crippen molar-refractivity contribution in [3.63, 3.8) is 0 Å². The van der Waals surface area contributed by atoms with Crippen molar-refractivity contribution in [1.82, 2.24) is 19.3 Å². The van der Waals surface area contributed by atoms with Gasteiger partial charge in [0.25, 0.3) is 0 Å². The molecule has 0 spiro atoms. The number of aryl methyl sites for hydroxylation is 1. The summed E-state index contributed by atoms with van der Waals surface area (Å²) in [7, 11) is 1.31. The highest BCUT2D eigenvalue weighted by Gasteiger charge is 2.58. The highest BCUT2D eigenvalue weighted by Crippen LogP contribution is 2.40. The zero-order valence-corrected chi connectivity index (χ0v) is 14.2. The largest absolute Gasteiger partial charge is 0.425 e. The number of imidazole rings is 1. The van der Waals surface area contributed by atoms with Crippen LogP contribution in [0, 0.1) is 0 Å². The summed E-state index contributed by atoms with van der Waals surface area (Å²) in [4.78, 5) is 15.8. The van der Waals surface area contributed by atoms with E-state index in [1.165, 1.54) is 24.0 Å². The van der Waals surface area contributed by atoms with Gasteiger partial charge in [0.1, 0.15) is 0 Å². The first-order valence-electron chi connectivity index (χ1n) is 7.87. The molecule has 1 atom stereocenters. The monoisotopic (exact) mass is 379 g/mol. The van der Waals surface area contributed by atoms with Crippen molar-refractivity contribution < 1.29 is 23.1 Å². The fourth-order valence-corrected chi connectivity index (χ4v) is 2.66. The lowest BCUT2D eigenvalue weighted by Gasteiger charge is -2.29. The number of nitrogens with zero attached hydrogens (tertiary/aromatic N) is 4. The van der Waals surface area contributed by atoms with Gasteiger partial charge < -0.3 is 15.0 Å². The van der Waals surface area contributed by atoms with E-state index in [0.717, 1.165) is 10.8 Å². The standard InChI is InChI=1S/C17H16F3N5O2/c1-24-9-7-21-15(24)16(27,17(18,19)20)11-14(26)23-12-4-2-5-13(10-12)25-8-3-6-22-25/h2-10,27H,11H2,1H3,(H,23,26). The molecule has 1 unspecified atom stereocenters. The molecule has 0 fully saturated rings. The zero-order chi connectivity index (χ0) is 19.7. The lowest BCUT2D eigenvalue weighted by Crippen LogP contribution is -2.46. The van der Waals surface area contributed by atoms with Crippen LogP contribution >= 0.6 is 0 Å². The molecular formula is C17H16F3N5O2.